The van der Waals surface area contributed by atoms with Gasteiger partial charge in [-0.3, -0.25) is 4.90 Å². The Balaban J connectivity index is 1.97. The molecule has 0 atom stereocenters. The van der Waals surface area contributed by atoms with Crippen molar-refractivity contribution in [1.82, 2.24) is 14.9 Å². The van der Waals surface area contributed by atoms with Crippen molar-refractivity contribution < 1.29 is 14.3 Å². The molecule has 26 heavy (non-hydrogen) atoms. The standard InChI is InChI=1S/C18H27ClN4O3/c1-17(2,3)26-16(24)23-7-6-12-13(18(23,4)5)20-15(19)21-14(12)22-8-10-25-11-9-22/h6-11H2,1-5H3. The summed E-state index contributed by atoms with van der Waals surface area (Å²) in [6.07, 6.45) is 0.331. The molecule has 1 saturated heterocycles. The van der Waals surface area contributed by atoms with E-state index in [2.05, 4.69) is 14.9 Å². The number of anilines is 1. The van der Waals surface area contributed by atoms with Crippen LogP contribution in [0.3, 0.4) is 0 Å². The molecule has 0 N–H and O–H groups in total. The Morgan fingerprint density at radius 1 is 1.19 bits per heavy atom. The lowest BCUT2D eigenvalue weighted by Gasteiger charge is -2.44. The van der Waals surface area contributed by atoms with Crippen molar-refractivity contribution in [2.75, 3.05) is 37.7 Å². The van der Waals surface area contributed by atoms with Crippen molar-refractivity contribution in [2.45, 2.75) is 52.2 Å². The molecule has 1 amide bonds. The Hall–Kier alpha value is -1.60. The van der Waals surface area contributed by atoms with Gasteiger partial charge < -0.3 is 14.4 Å². The van der Waals surface area contributed by atoms with E-state index in [1.54, 1.807) is 4.90 Å². The van der Waals surface area contributed by atoms with E-state index < -0.39 is 11.1 Å². The molecule has 0 saturated carbocycles. The number of nitrogens with zero attached hydrogens (tertiary/aromatic N) is 4. The number of morpholine rings is 1. The lowest BCUT2D eigenvalue weighted by Crippen LogP contribution is -2.52. The Labute approximate surface area is 159 Å². The molecule has 0 spiro atoms. The fraction of sp³-hybridized carbons (Fsp3) is 0.722. The zero-order valence-electron chi connectivity index (χ0n) is 16.1. The first-order valence-electron chi connectivity index (χ1n) is 9.00. The van der Waals surface area contributed by atoms with Crippen LogP contribution >= 0.6 is 11.6 Å². The highest BCUT2D eigenvalue weighted by atomic mass is 35.5. The van der Waals surface area contributed by atoms with Crippen LogP contribution in [-0.2, 0) is 21.4 Å². The molecule has 1 aromatic heterocycles. The van der Waals surface area contributed by atoms with Gasteiger partial charge in [0.25, 0.3) is 0 Å². The molecule has 8 heteroatoms. The number of carbonyl (C=O) groups is 1. The van der Waals surface area contributed by atoms with E-state index in [0.717, 1.165) is 30.2 Å². The molecule has 144 valence electrons. The van der Waals surface area contributed by atoms with Crippen LogP contribution in [0.5, 0.6) is 0 Å². The predicted octanol–water partition coefficient (Wildman–Crippen LogP) is 2.99. The van der Waals surface area contributed by atoms with Crippen LogP contribution in [0.1, 0.15) is 45.9 Å². The second kappa shape index (κ2) is 6.85. The summed E-state index contributed by atoms with van der Waals surface area (Å²) in [7, 11) is 0. The Bertz CT molecular complexity index is 696. The first kappa shape index (κ1) is 19.2. The number of halogens is 1. The molecule has 0 aromatic carbocycles. The summed E-state index contributed by atoms with van der Waals surface area (Å²) >= 11 is 6.25. The molecule has 1 aromatic rings. The van der Waals surface area contributed by atoms with Crippen LogP contribution in [0.4, 0.5) is 10.6 Å². The number of carbonyl (C=O) groups excluding carboxylic acids is 1. The van der Waals surface area contributed by atoms with E-state index in [1.807, 2.05) is 34.6 Å². The monoisotopic (exact) mass is 382 g/mol. The van der Waals surface area contributed by atoms with Crippen molar-refractivity contribution in [3.8, 4) is 0 Å². The summed E-state index contributed by atoms with van der Waals surface area (Å²) in [4.78, 5) is 25.6. The maximum absolute atomic E-state index is 12.7. The Morgan fingerprint density at radius 2 is 1.85 bits per heavy atom. The lowest BCUT2D eigenvalue weighted by atomic mass is 9.88. The molecule has 7 nitrogen and oxygen atoms in total. The van der Waals surface area contributed by atoms with Crippen LogP contribution < -0.4 is 4.90 Å². The number of fused-ring (bicyclic) bond motifs is 1. The Morgan fingerprint density at radius 3 is 2.46 bits per heavy atom. The third-order valence-electron chi connectivity index (χ3n) is 4.72. The second-order valence-corrected chi connectivity index (χ2v) is 8.52. The molecule has 1 fully saturated rings. The number of amides is 1. The second-order valence-electron chi connectivity index (χ2n) is 8.18. The number of hydrogen-bond donors (Lipinski definition) is 0. The number of aromatic nitrogens is 2. The van der Waals surface area contributed by atoms with Gasteiger partial charge in [-0.2, -0.15) is 0 Å². The highest BCUT2D eigenvalue weighted by Gasteiger charge is 2.42. The molecule has 3 rings (SSSR count). The van der Waals surface area contributed by atoms with Gasteiger partial charge in [0.2, 0.25) is 5.28 Å². The maximum Gasteiger partial charge on any atom is 0.411 e. The first-order chi connectivity index (χ1) is 12.1. The molecule has 0 unspecified atom stereocenters. The minimum absolute atomic E-state index is 0.198. The fourth-order valence-corrected chi connectivity index (χ4v) is 3.65. The van der Waals surface area contributed by atoms with Gasteiger partial charge in [-0.05, 0) is 52.6 Å². The van der Waals surface area contributed by atoms with Gasteiger partial charge in [-0.15, -0.1) is 0 Å². The van der Waals surface area contributed by atoms with E-state index in [0.29, 0.717) is 26.2 Å². The highest BCUT2D eigenvalue weighted by molar-refractivity contribution is 6.28. The molecule has 2 aliphatic heterocycles. The smallest absolute Gasteiger partial charge is 0.411 e. The quantitative estimate of drug-likeness (QED) is 0.695. The summed E-state index contributed by atoms with van der Waals surface area (Å²) < 4.78 is 11.0. The summed E-state index contributed by atoms with van der Waals surface area (Å²) in [6, 6.07) is 0. The van der Waals surface area contributed by atoms with Gasteiger partial charge in [0, 0.05) is 25.2 Å². The predicted molar refractivity (Wildman–Crippen MR) is 99.7 cm³/mol. The first-order valence-corrected chi connectivity index (χ1v) is 9.37. The Kier molecular flexibility index (Phi) is 5.05. The molecule has 0 aliphatic carbocycles. The number of rotatable bonds is 1. The van der Waals surface area contributed by atoms with E-state index in [4.69, 9.17) is 21.1 Å². The minimum Gasteiger partial charge on any atom is -0.444 e. The van der Waals surface area contributed by atoms with Crippen molar-refractivity contribution in [3.05, 3.63) is 16.5 Å². The minimum atomic E-state index is -0.635. The third-order valence-corrected chi connectivity index (χ3v) is 4.89. The molecule has 0 radical (unpaired) electrons. The number of hydrogen-bond acceptors (Lipinski definition) is 6. The van der Waals surface area contributed by atoms with Crippen molar-refractivity contribution in [3.63, 3.8) is 0 Å². The molecule has 3 heterocycles. The average molecular weight is 383 g/mol. The largest absolute Gasteiger partial charge is 0.444 e. The van der Waals surface area contributed by atoms with Gasteiger partial charge >= 0.3 is 6.09 Å². The molecular weight excluding hydrogens is 356 g/mol. The summed E-state index contributed by atoms with van der Waals surface area (Å²) in [5.74, 6) is 0.861. The van der Waals surface area contributed by atoms with Gasteiger partial charge in [0.15, 0.2) is 0 Å². The normalized spacial score (nSPS) is 19.9. The average Bonchev–Trinajstić information content (AvgIpc) is 2.54. The van der Waals surface area contributed by atoms with E-state index >= 15 is 0 Å². The van der Waals surface area contributed by atoms with Gasteiger partial charge in [-0.25, -0.2) is 14.8 Å². The lowest BCUT2D eigenvalue weighted by molar-refractivity contribution is -0.00133. The van der Waals surface area contributed by atoms with Crippen LogP contribution in [-0.4, -0.2) is 59.4 Å². The van der Waals surface area contributed by atoms with Crippen LogP contribution in [0, 0.1) is 0 Å². The highest BCUT2D eigenvalue weighted by Crippen LogP contribution is 2.39. The van der Waals surface area contributed by atoms with Crippen LogP contribution in [0.15, 0.2) is 0 Å². The third kappa shape index (κ3) is 3.74. The van der Waals surface area contributed by atoms with Crippen molar-refractivity contribution in [1.29, 1.82) is 0 Å². The SMILES string of the molecule is CC(C)(C)OC(=O)N1CCc2c(N3CCOCC3)nc(Cl)nc2C1(C)C. The topological polar surface area (TPSA) is 67.8 Å². The summed E-state index contributed by atoms with van der Waals surface area (Å²) in [6.45, 7) is 13.0. The zero-order chi connectivity index (χ0) is 19.1. The van der Waals surface area contributed by atoms with Gasteiger partial charge in [0.05, 0.1) is 24.4 Å². The number of ether oxygens (including phenoxy) is 2. The van der Waals surface area contributed by atoms with E-state index in [9.17, 15) is 4.79 Å². The molecule has 0 bridgehead atoms. The fourth-order valence-electron chi connectivity index (χ4n) is 3.49. The maximum atomic E-state index is 12.7. The van der Waals surface area contributed by atoms with Crippen molar-refractivity contribution >= 4 is 23.5 Å². The molecule has 2 aliphatic rings. The molecular formula is C18H27ClN4O3. The van der Waals surface area contributed by atoms with E-state index in [1.165, 1.54) is 0 Å². The van der Waals surface area contributed by atoms with Gasteiger partial charge in [0.1, 0.15) is 11.4 Å². The van der Waals surface area contributed by atoms with Crippen LogP contribution in [0.25, 0.3) is 0 Å². The van der Waals surface area contributed by atoms with Gasteiger partial charge in [-0.1, -0.05) is 0 Å². The summed E-state index contributed by atoms with van der Waals surface area (Å²) in [5.41, 5.74) is 0.663. The van der Waals surface area contributed by atoms with E-state index in [-0.39, 0.29) is 11.4 Å². The summed E-state index contributed by atoms with van der Waals surface area (Å²) in [5, 5.41) is 0.198. The zero-order valence-corrected chi connectivity index (χ0v) is 16.9. The van der Waals surface area contributed by atoms with Crippen LogP contribution in [0.2, 0.25) is 5.28 Å². The van der Waals surface area contributed by atoms with Crippen molar-refractivity contribution in [2.24, 2.45) is 0 Å².